The van der Waals surface area contributed by atoms with Crippen LogP contribution in [-0.2, 0) is 6.61 Å². The zero-order valence-electron chi connectivity index (χ0n) is 11.5. The fourth-order valence-electron chi connectivity index (χ4n) is 1.95. The monoisotopic (exact) mass is 293 g/mol. The van der Waals surface area contributed by atoms with Gasteiger partial charge in [0.15, 0.2) is 0 Å². The largest absolute Gasteiger partial charge is 0.488 e. The van der Waals surface area contributed by atoms with Crippen LogP contribution in [0.25, 0.3) is 0 Å². The van der Waals surface area contributed by atoms with Crippen LogP contribution in [-0.4, -0.2) is 0 Å². The second-order valence-corrected chi connectivity index (χ2v) is 5.29. The summed E-state index contributed by atoms with van der Waals surface area (Å²) in [4.78, 5) is 0. The summed E-state index contributed by atoms with van der Waals surface area (Å²) in [5.74, 6) is 0.312. The van der Waals surface area contributed by atoms with Crippen LogP contribution in [0.15, 0.2) is 36.4 Å². The molecule has 2 N–H and O–H groups in total. The van der Waals surface area contributed by atoms with Crippen LogP contribution in [0.3, 0.4) is 0 Å². The third kappa shape index (κ3) is 3.50. The molecule has 0 heterocycles. The minimum Gasteiger partial charge on any atom is -0.488 e. The number of aryl methyl sites for hydroxylation is 1. The molecule has 0 spiro atoms. The maximum Gasteiger partial charge on any atom is 0.131 e. The molecule has 2 nitrogen and oxygen atoms in total. The van der Waals surface area contributed by atoms with Crippen molar-refractivity contribution in [3.8, 4) is 5.75 Å². The van der Waals surface area contributed by atoms with E-state index in [1.54, 1.807) is 12.1 Å². The quantitative estimate of drug-likeness (QED) is 0.907. The van der Waals surface area contributed by atoms with Crippen LogP contribution >= 0.6 is 11.6 Å². The first-order valence-corrected chi connectivity index (χ1v) is 6.78. The Balaban J connectivity index is 2.18. The predicted molar refractivity (Wildman–Crippen MR) is 79.5 cm³/mol. The Labute approximate surface area is 123 Å². The number of rotatable bonds is 4. The summed E-state index contributed by atoms with van der Waals surface area (Å²) < 4.78 is 19.4. The van der Waals surface area contributed by atoms with Crippen molar-refractivity contribution in [3.05, 3.63) is 63.9 Å². The van der Waals surface area contributed by atoms with Crippen LogP contribution in [0.2, 0.25) is 5.02 Å². The SMILES string of the molecule is Cc1ccc(OCc2ccc(Cl)cc2F)c([C@@H](C)N)c1. The van der Waals surface area contributed by atoms with E-state index in [0.29, 0.717) is 16.3 Å². The molecule has 0 aliphatic heterocycles. The van der Waals surface area contributed by atoms with Gasteiger partial charge in [0, 0.05) is 22.2 Å². The lowest BCUT2D eigenvalue weighted by Crippen LogP contribution is -2.09. The van der Waals surface area contributed by atoms with E-state index < -0.39 is 0 Å². The summed E-state index contributed by atoms with van der Waals surface area (Å²) in [5, 5.41) is 0.373. The molecule has 2 aromatic carbocycles. The molecule has 2 rings (SSSR count). The minimum atomic E-state index is -0.369. The molecule has 0 saturated heterocycles. The van der Waals surface area contributed by atoms with E-state index in [0.717, 1.165) is 11.1 Å². The Bertz CT molecular complexity index is 613. The molecule has 0 bridgehead atoms. The highest BCUT2D eigenvalue weighted by atomic mass is 35.5. The first-order valence-electron chi connectivity index (χ1n) is 6.40. The normalized spacial score (nSPS) is 12.2. The molecular formula is C16H17ClFNO. The van der Waals surface area contributed by atoms with Crippen LogP contribution in [0.1, 0.15) is 29.7 Å². The average molecular weight is 294 g/mol. The lowest BCUT2D eigenvalue weighted by Gasteiger charge is -2.15. The Morgan fingerprint density at radius 1 is 1.25 bits per heavy atom. The summed E-state index contributed by atoms with van der Waals surface area (Å²) in [7, 11) is 0. The van der Waals surface area contributed by atoms with Gasteiger partial charge in [0.2, 0.25) is 0 Å². The summed E-state index contributed by atoms with van der Waals surface area (Å²) in [6.07, 6.45) is 0. The number of halogens is 2. The van der Waals surface area contributed by atoms with Gasteiger partial charge in [-0.25, -0.2) is 4.39 Å². The van der Waals surface area contributed by atoms with Gasteiger partial charge in [0.05, 0.1) is 0 Å². The van der Waals surface area contributed by atoms with Crippen molar-refractivity contribution in [2.75, 3.05) is 0 Å². The Hall–Kier alpha value is -1.58. The number of nitrogens with two attached hydrogens (primary N) is 1. The number of hydrogen-bond donors (Lipinski definition) is 1. The fraction of sp³-hybridized carbons (Fsp3) is 0.250. The van der Waals surface area contributed by atoms with Crippen molar-refractivity contribution >= 4 is 11.6 Å². The molecule has 0 radical (unpaired) electrons. The molecule has 106 valence electrons. The van der Waals surface area contributed by atoms with Crippen molar-refractivity contribution in [3.63, 3.8) is 0 Å². The molecule has 0 aliphatic rings. The van der Waals surface area contributed by atoms with Gasteiger partial charge < -0.3 is 10.5 Å². The summed E-state index contributed by atoms with van der Waals surface area (Å²) in [6, 6.07) is 10.2. The lowest BCUT2D eigenvalue weighted by molar-refractivity contribution is 0.295. The maximum absolute atomic E-state index is 13.7. The molecule has 1 atom stereocenters. The minimum absolute atomic E-state index is 0.139. The van der Waals surface area contributed by atoms with E-state index in [1.165, 1.54) is 6.07 Å². The molecule has 0 unspecified atom stereocenters. The number of benzene rings is 2. The van der Waals surface area contributed by atoms with Crippen molar-refractivity contribution in [1.82, 2.24) is 0 Å². The van der Waals surface area contributed by atoms with Crippen molar-refractivity contribution in [2.24, 2.45) is 5.73 Å². The molecule has 0 amide bonds. The van der Waals surface area contributed by atoms with Crippen LogP contribution in [0, 0.1) is 12.7 Å². The van der Waals surface area contributed by atoms with Gasteiger partial charge in [-0.05, 0) is 32.0 Å². The second-order valence-electron chi connectivity index (χ2n) is 4.85. The third-order valence-electron chi connectivity index (χ3n) is 3.05. The Morgan fingerprint density at radius 2 is 2.00 bits per heavy atom. The van der Waals surface area contributed by atoms with Crippen LogP contribution in [0.5, 0.6) is 5.75 Å². The van der Waals surface area contributed by atoms with Gasteiger partial charge in [-0.1, -0.05) is 35.4 Å². The number of ether oxygens (including phenoxy) is 1. The van der Waals surface area contributed by atoms with Crippen molar-refractivity contribution in [2.45, 2.75) is 26.5 Å². The first-order chi connectivity index (χ1) is 9.47. The highest BCUT2D eigenvalue weighted by Crippen LogP contribution is 2.26. The standard InChI is InChI=1S/C16H17ClFNO/c1-10-3-6-16(14(7-10)11(2)19)20-9-12-4-5-13(17)8-15(12)18/h3-8,11H,9,19H2,1-2H3/t11-/m1/s1. The van der Waals surface area contributed by atoms with E-state index in [2.05, 4.69) is 0 Å². The zero-order chi connectivity index (χ0) is 14.7. The van der Waals surface area contributed by atoms with E-state index in [1.807, 2.05) is 32.0 Å². The third-order valence-corrected chi connectivity index (χ3v) is 3.29. The molecule has 20 heavy (non-hydrogen) atoms. The molecular weight excluding hydrogens is 277 g/mol. The van der Waals surface area contributed by atoms with E-state index in [-0.39, 0.29) is 18.5 Å². The molecule has 0 aliphatic carbocycles. The second kappa shape index (κ2) is 6.25. The average Bonchev–Trinajstić information content (AvgIpc) is 2.38. The van der Waals surface area contributed by atoms with E-state index in [4.69, 9.17) is 22.1 Å². The topological polar surface area (TPSA) is 35.2 Å². The van der Waals surface area contributed by atoms with Gasteiger partial charge in [-0.2, -0.15) is 0 Å². The van der Waals surface area contributed by atoms with E-state index >= 15 is 0 Å². The van der Waals surface area contributed by atoms with Gasteiger partial charge in [-0.15, -0.1) is 0 Å². The summed E-state index contributed by atoms with van der Waals surface area (Å²) in [6.45, 7) is 4.03. The number of hydrogen-bond acceptors (Lipinski definition) is 2. The summed E-state index contributed by atoms with van der Waals surface area (Å²) >= 11 is 5.72. The Kier molecular flexibility index (Phi) is 4.63. The zero-order valence-corrected chi connectivity index (χ0v) is 12.2. The molecule has 2 aromatic rings. The highest BCUT2D eigenvalue weighted by molar-refractivity contribution is 6.30. The smallest absolute Gasteiger partial charge is 0.131 e. The van der Waals surface area contributed by atoms with Gasteiger partial charge in [0.1, 0.15) is 18.2 Å². The highest BCUT2D eigenvalue weighted by Gasteiger charge is 2.10. The molecule has 4 heteroatoms. The fourth-order valence-corrected chi connectivity index (χ4v) is 2.11. The molecule has 0 aromatic heterocycles. The predicted octanol–water partition coefficient (Wildman–Crippen LogP) is 4.39. The first kappa shape index (κ1) is 14.8. The van der Waals surface area contributed by atoms with Crippen LogP contribution < -0.4 is 10.5 Å². The maximum atomic E-state index is 13.7. The van der Waals surface area contributed by atoms with Crippen molar-refractivity contribution < 1.29 is 9.13 Å². The summed E-state index contributed by atoms with van der Waals surface area (Å²) in [5.41, 5.74) is 8.42. The lowest BCUT2D eigenvalue weighted by atomic mass is 10.1. The Morgan fingerprint density at radius 3 is 2.65 bits per heavy atom. The van der Waals surface area contributed by atoms with Gasteiger partial charge in [0.25, 0.3) is 0 Å². The molecule has 0 fully saturated rings. The van der Waals surface area contributed by atoms with Crippen LogP contribution in [0.4, 0.5) is 4.39 Å². The van der Waals surface area contributed by atoms with Gasteiger partial charge in [-0.3, -0.25) is 0 Å². The molecule has 0 saturated carbocycles. The van der Waals surface area contributed by atoms with Crippen molar-refractivity contribution in [1.29, 1.82) is 0 Å². The van der Waals surface area contributed by atoms with E-state index in [9.17, 15) is 4.39 Å². The van der Waals surface area contributed by atoms with Gasteiger partial charge >= 0.3 is 0 Å².